The second kappa shape index (κ2) is 5.15. The molecule has 20 heavy (non-hydrogen) atoms. The van der Waals surface area contributed by atoms with Crippen LogP contribution < -0.4 is 4.90 Å². The lowest BCUT2D eigenvalue weighted by atomic mass is 10.2. The van der Waals surface area contributed by atoms with Gasteiger partial charge in [-0.2, -0.15) is 0 Å². The Morgan fingerprint density at radius 1 is 1.00 bits per heavy atom. The molecule has 1 aromatic carbocycles. The van der Waals surface area contributed by atoms with Crippen molar-refractivity contribution in [2.75, 3.05) is 31.1 Å². The Kier molecular flexibility index (Phi) is 3.34. The predicted octanol–water partition coefficient (Wildman–Crippen LogP) is 1.06. The van der Waals surface area contributed by atoms with E-state index in [1.54, 1.807) is 0 Å². The van der Waals surface area contributed by atoms with Gasteiger partial charge in [-0.1, -0.05) is 18.2 Å². The summed E-state index contributed by atoms with van der Waals surface area (Å²) in [6.45, 7) is 2.97. The van der Waals surface area contributed by atoms with Crippen LogP contribution in [0.2, 0.25) is 0 Å². The van der Waals surface area contributed by atoms with Crippen molar-refractivity contribution in [3.05, 3.63) is 30.3 Å². The molecule has 2 atom stereocenters. The molecule has 0 spiro atoms. The lowest BCUT2D eigenvalue weighted by Crippen LogP contribution is -2.49. The summed E-state index contributed by atoms with van der Waals surface area (Å²) in [4.78, 5) is 27.0. The van der Waals surface area contributed by atoms with Gasteiger partial charge in [0.15, 0.2) is 0 Å². The van der Waals surface area contributed by atoms with E-state index >= 15 is 0 Å². The molecule has 3 rings (SSSR count). The fourth-order valence-electron chi connectivity index (χ4n) is 2.80. The van der Waals surface area contributed by atoms with Crippen molar-refractivity contribution in [3.63, 3.8) is 0 Å². The first kappa shape index (κ1) is 13.0. The molecule has 0 bridgehead atoms. The topological polar surface area (TPSA) is 60.9 Å². The van der Waals surface area contributed by atoms with Crippen LogP contribution in [0.5, 0.6) is 0 Å². The number of carbonyl (C=O) groups excluding carboxylic acids is 1. The molecule has 106 valence electrons. The van der Waals surface area contributed by atoms with Gasteiger partial charge in [-0.25, -0.2) is 0 Å². The summed E-state index contributed by atoms with van der Waals surface area (Å²) in [6, 6.07) is 10.1. The maximum Gasteiger partial charge on any atom is 0.307 e. The molecule has 5 nitrogen and oxygen atoms in total. The number of benzene rings is 1. The Morgan fingerprint density at radius 2 is 1.65 bits per heavy atom. The van der Waals surface area contributed by atoms with Gasteiger partial charge in [-0.15, -0.1) is 0 Å². The normalized spacial score (nSPS) is 25.4. The van der Waals surface area contributed by atoms with Gasteiger partial charge < -0.3 is 14.9 Å². The Balaban J connectivity index is 1.54. The van der Waals surface area contributed by atoms with Crippen LogP contribution in [-0.2, 0) is 9.59 Å². The van der Waals surface area contributed by atoms with Crippen molar-refractivity contribution in [1.82, 2.24) is 4.90 Å². The lowest BCUT2D eigenvalue weighted by molar-refractivity contribution is -0.142. The molecule has 0 radical (unpaired) electrons. The molecule has 5 heteroatoms. The largest absolute Gasteiger partial charge is 0.481 e. The van der Waals surface area contributed by atoms with Crippen molar-refractivity contribution in [2.45, 2.75) is 6.42 Å². The minimum absolute atomic E-state index is 0.0186. The van der Waals surface area contributed by atoms with Gasteiger partial charge in [0.1, 0.15) is 0 Å². The summed E-state index contributed by atoms with van der Waals surface area (Å²) in [5.41, 5.74) is 1.18. The molecule has 1 saturated carbocycles. The second-order valence-corrected chi connectivity index (χ2v) is 5.43. The van der Waals surface area contributed by atoms with Crippen molar-refractivity contribution in [2.24, 2.45) is 11.8 Å². The standard InChI is InChI=1S/C15H18N2O3/c18-14(12-10-13(12)15(19)20)17-8-6-16(7-9-17)11-4-2-1-3-5-11/h1-5,12-13H,6-10H2,(H,19,20)/t12-,13-/m0/s1. The first-order valence-corrected chi connectivity index (χ1v) is 6.98. The Bertz CT molecular complexity index is 509. The van der Waals surface area contributed by atoms with Crippen LogP contribution in [0.15, 0.2) is 30.3 Å². The van der Waals surface area contributed by atoms with Gasteiger partial charge >= 0.3 is 5.97 Å². The zero-order chi connectivity index (χ0) is 14.1. The third-order valence-electron chi connectivity index (χ3n) is 4.14. The molecule has 1 aliphatic heterocycles. The van der Waals surface area contributed by atoms with Gasteiger partial charge in [0.25, 0.3) is 0 Å². The third-order valence-corrected chi connectivity index (χ3v) is 4.14. The van der Waals surface area contributed by atoms with E-state index in [-0.39, 0.29) is 11.8 Å². The third kappa shape index (κ3) is 2.48. The fraction of sp³-hybridized carbons (Fsp3) is 0.467. The number of amides is 1. The maximum absolute atomic E-state index is 12.2. The van der Waals surface area contributed by atoms with E-state index in [1.807, 2.05) is 23.1 Å². The van der Waals surface area contributed by atoms with Crippen molar-refractivity contribution in [3.8, 4) is 0 Å². The first-order valence-electron chi connectivity index (χ1n) is 6.98. The summed E-state index contributed by atoms with van der Waals surface area (Å²) in [7, 11) is 0. The number of piperazine rings is 1. The van der Waals surface area contributed by atoms with Crippen LogP contribution in [0.1, 0.15) is 6.42 Å². The molecule has 0 unspecified atom stereocenters. The molecule has 1 saturated heterocycles. The van der Waals surface area contributed by atoms with Crippen LogP contribution >= 0.6 is 0 Å². The molecular formula is C15H18N2O3. The average Bonchev–Trinajstić information content (AvgIpc) is 3.28. The van der Waals surface area contributed by atoms with E-state index < -0.39 is 11.9 Å². The van der Waals surface area contributed by atoms with Gasteiger partial charge in [-0.3, -0.25) is 9.59 Å². The monoisotopic (exact) mass is 274 g/mol. The number of rotatable bonds is 3. The van der Waals surface area contributed by atoms with Gasteiger partial charge in [0, 0.05) is 31.9 Å². The van der Waals surface area contributed by atoms with Crippen molar-refractivity contribution in [1.29, 1.82) is 0 Å². The molecule has 2 aliphatic rings. The number of carboxylic acid groups (broad SMARTS) is 1. The first-order chi connectivity index (χ1) is 9.66. The van der Waals surface area contributed by atoms with Gasteiger partial charge in [0.2, 0.25) is 5.91 Å². The lowest BCUT2D eigenvalue weighted by Gasteiger charge is -2.36. The highest BCUT2D eigenvalue weighted by atomic mass is 16.4. The van der Waals surface area contributed by atoms with E-state index in [4.69, 9.17) is 5.11 Å². The molecule has 1 aliphatic carbocycles. The molecule has 1 N–H and O–H groups in total. The van der Waals surface area contributed by atoms with Crippen molar-refractivity contribution >= 4 is 17.6 Å². The van der Waals surface area contributed by atoms with E-state index in [0.717, 1.165) is 13.1 Å². The summed E-state index contributed by atoms with van der Waals surface area (Å²) in [6.07, 6.45) is 0.507. The highest BCUT2D eigenvalue weighted by Gasteiger charge is 2.49. The van der Waals surface area contributed by atoms with Gasteiger partial charge in [-0.05, 0) is 18.6 Å². The Hall–Kier alpha value is -2.04. The highest BCUT2D eigenvalue weighted by Crippen LogP contribution is 2.40. The predicted molar refractivity (Wildman–Crippen MR) is 74.5 cm³/mol. The fourth-order valence-corrected chi connectivity index (χ4v) is 2.80. The Labute approximate surface area is 117 Å². The summed E-state index contributed by atoms with van der Waals surface area (Å²) >= 11 is 0. The van der Waals surface area contributed by atoms with Crippen LogP contribution in [-0.4, -0.2) is 48.1 Å². The number of carboxylic acids is 1. The van der Waals surface area contributed by atoms with E-state index in [0.29, 0.717) is 19.5 Å². The number of anilines is 1. The van der Waals surface area contributed by atoms with E-state index in [2.05, 4.69) is 17.0 Å². The number of carbonyl (C=O) groups is 2. The van der Waals surface area contributed by atoms with Crippen molar-refractivity contribution < 1.29 is 14.7 Å². The van der Waals surface area contributed by atoms with Crippen LogP contribution in [0.3, 0.4) is 0 Å². The van der Waals surface area contributed by atoms with Crippen LogP contribution in [0.4, 0.5) is 5.69 Å². The minimum Gasteiger partial charge on any atom is -0.481 e. The van der Waals surface area contributed by atoms with Crippen LogP contribution in [0, 0.1) is 11.8 Å². The molecule has 2 fully saturated rings. The molecule has 1 heterocycles. The number of hydrogen-bond donors (Lipinski definition) is 1. The summed E-state index contributed by atoms with van der Waals surface area (Å²) in [5.74, 6) is -1.55. The smallest absolute Gasteiger partial charge is 0.307 e. The summed E-state index contributed by atoms with van der Waals surface area (Å²) in [5, 5.41) is 8.88. The molecule has 1 aromatic rings. The Morgan fingerprint density at radius 3 is 2.20 bits per heavy atom. The van der Waals surface area contributed by atoms with E-state index in [9.17, 15) is 9.59 Å². The van der Waals surface area contributed by atoms with Crippen LogP contribution in [0.25, 0.3) is 0 Å². The highest BCUT2D eigenvalue weighted by molar-refractivity contribution is 5.89. The molecule has 0 aromatic heterocycles. The number of hydrogen-bond acceptors (Lipinski definition) is 3. The molecular weight excluding hydrogens is 256 g/mol. The minimum atomic E-state index is -0.841. The number of nitrogens with zero attached hydrogens (tertiary/aromatic N) is 2. The number of aliphatic carboxylic acids is 1. The zero-order valence-corrected chi connectivity index (χ0v) is 11.2. The average molecular weight is 274 g/mol. The van der Waals surface area contributed by atoms with E-state index in [1.165, 1.54) is 5.69 Å². The maximum atomic E-state index is 12.2. The zero-order valence-electron chi connectivity index (χ0n) is 11.2. The molecule has 1 amide bonds. The number of para-hydroxylation sites is 1. The SMILES string of the molecule is O=C(O)[C@H]1C[C@@H]1C(=O)N1CCN(c2ccccc2)CC1. The quantitative estimate of drug-likeness (QED) is 0.895. The summed E-state index contributed by atoms with van der Waals surface area (Å²) < 4.78 is 0. The van der Waals surface area contributed by atoms with Gasteiger partial charge in [0.05, 0.1) is 11.8 Å². The second-order valence-electron chi connectivity index (χ2n) is 5.43.